The maximum atomic E-state index is 5.84. The molecule has 0 aromatic heterocycles. The van der Waals surface area contributed by atoms with E-state index in [1.807, 2.05) is 0 Å². The van der Waals surface area contributed by atoms with Crippen LogP contribution in [0.5, 0.6) is 5.75 Å². The fourth-order valence-corrected chi connectivity index (χ4v) is 2.21. The molecule has 0 amide bonds. The quantitative estimate of drug-likeness (QED) is 0.731. The monoisotopic (exact) mass is 189 g/mol. The average molecular weight is 189 g/mol. The molecule has 0 unspecified atom stereocenters. The number of benzene rings is 1. The third-order valence-corrected chi connectivity index (χ3v) is 3.20. The molecule has 1 aliphatic carbocycles. The third-order valence-electron chi connectivity index (χ3n) is 3.20. The minimum absolute atomic E-state index is 0.401. The normalized spacial score (nSPS) is 29.2. The molecule has 0 radical (unpaired) electrons. The minimum atomic E-state index is 0.401. The maximum absolute atomic E-state index is 5.84. The molecule has 1 fully saturated rings. The van der Waals surface area contributed by atoms with E-state index in [4.69, 9.17) is 10.5 Å². The van der Waals surface area contributed by atoms with Gasteiger partial charge in [-0.3, -0.25) is 0 Å². The number of rotatable bonds is 1. The molecular formula is C12H15NO. The van der Waals surface area contributed by atoms with Crippen molar-refractivity contribution < 1.29 is 4.74 Å². The van der Waals surface area contributed by atoms with Crippen molar-refractivity contribution in [3.8, 4) is 5.75 Å². The topological polar surface area (TPSA) is 35.2 Å². The lowest BCUT2D eigenvalue weighted by Crippen LogP contribution is -2.09. The molecule has 0 saturated heterocycles. The van der Waals surface area contributed by atoms with Crippen LogP contribution >= 0.6 is 0 Å². The van der Waals surface area contributed by atoms with Gasteiger partial charge in [-0.2, -0.15) is 0 Å². The molecule has 2 N–H and O–H groups in total. The zero-order chi connectivity index (χ0) is 9.54. The molecule has 2 nitrogen and oxygen atoms in total. The number of hydrogen-bond donors (Lipinski definition) is 1. The van der Waals surface area contributed by atoms with Gasteiger partial charge in [0, 0.05) is 12.0 Å². The van der Waals surface area contributed by atoms with Crippen molar-refractivity contribution in [1.82, 2.24) is 0 Å². The molecule has 1 aliphatic heterocycles. The standard InChI is InChI=1S/C12H15NO/c13-11-7-10(11)8-3-4-12-9(6-8)2-1-5-14-12/h3-4,6,10-11H,1-2,5,7,13H2/t10-,11+/m0/s1. The average Bonchev–Trinajstić information content (AvgIpc) is 2.95. The summed E-state index contributed by atoms with van der Waals surface area (Å²) in [7, 11) is 0. The summed E-state index contributed by atoms with van der Waals surface area (Å²) in [5.74, 6) is 1.69. The van der Waals surface area contributed by atoms with Crippen LogP contribution in [0.25, 0.3) is 0 Å². The predicted molar refractivity (Wildman–Crippen MR) is 55.6 cm³/mol. The van der Waals surface area contributed by atoms with Gasteiger partial charge in [0.05, 0.1) is 6.61 Å². The van der Waals surface area contributed by atoms with Gasteiger partial charge >= 0.3 is 0 Å². The van der Waals surface area contributed by atoms with Crippen LogP contribution in [-0.4, -0.2) is 12.6 Å². The fraction of sp³-hybridized carbons (Fsp3) is 0.500. The van der Waals surface area contributed by atoms with Crippen molar-refractivity contribution in [2.45, 2.75) is 31.2 Å². The third kappa shape index (κ3) is 1.30. The highest BCUT2D eigenvalue weighted by atomic mass is 16.5. The van der Waals surface area contributed by atoms with E-state index in [1.165, 1.54) is 11.1 Å². The second kappa shape index (κ2) is 2.99. The van der Waals surface area contributed by atoms with Gasteiger partial charge < -0.3 is 10.5 Å². The smallest absolute Gasteiger partial charge is 0.122 e. The second-order valence-corrected chi connectivity index (χ2v) is 4.33. The summed E-state index contributed by atoms with van der Waals surface area (Å²) in [5, 5.41) is 0. The Balaban J connectivity index is 1.93. The van der Waals surface area contributed by atoms with Gasteiger partial charge in [-0.1, -0.05) is 12.1 Å². The highest BCUT2D eigenvalue weighted by Gasteiger charge is 2.35. The highest BCUT2D eigenvalue weighted by Crippen LogP contribution is 2.40. The van der Waals surface area contributed by atoms with Crippen molar-refractivity contribution in [3.63, 3.8) is 0 Å². The van der Waals surface area contributed by atoms with Crippen LogP contribution in [0, 0.1) is 0 Å². The number of nitrogens with two attached hydrogens (primary N) is 1. The van der Waals surface area contributed by atoms with Crippen LogP contribution in [0.15, 0.2) is 18.2 Å². The molecule has 74 valence electrons. The Labute approximate surface area is 84.1 Å². The first-order valence-corrected chi connectivity index (χ1v) is 5.36. The summed E-state index contributed by atoms with van der Waals surface area (Å²) in [5.41, 5.74) is 8.62. The van der Waals surface area contributed by atoms with E-state index >= 15 is 0 Å². The number of aryl methyl sites for hydroxylation is 1. The maximum Gasteiger partial charge on any atom is 0.122 e. The summed E-state index contributed by atoms with van der Waals surface area (Å²) < 4.78 is 5.57. The van der Waals surface area contributed by atoms with Crippen LogP contribution < -0.4 is 10.5 Å². The van der Waals surface area contributed by atoms with Gasteiger partial charge in [-0.05, 0) is 36.5 Å². The summed E-state index contributed by atoms with van der Waals surface area (Å²) in [4.78, 5) is 0. The van der Waals surface area contributed by atoms with Crippen LogP contribution in [0.3, 0.4) is 0 Å². The molecule has 2 aliphatic rings. The molecular weight excluding hydrogens is 174 g/mol. The van der Waals surface area contributed by atoms with Gasteiger partial charge in [0.15, 0.2) is 0 Å². The van der Waals surface area contributed by atoms with E-state index in [0.29, 0.717) is 12.0 Å². The number of hydrogen-bond acceptors (Lipinski definition) is 2. The highest BCUT2D eigenvalue weighted by molar-refractivity contribution is 5.41. The summed E-state index contributed by atoms with van der Waals surface area (Å²) in [6, 6.07) is 6.96. The predicted octanol–water partition coefficient (Wildman–Crippen LogP) is 1.83. The van der Waals surface area contributed by atoms with Crippen molar-refractivity contribution >= 4 is 0 Å². The molecule has 0 bridgehead atoms. The molecule has 1 saturated carbocycles. The van der Waals surface area contributed by atoms with Gasteiger partial charge in [-0.15, -0.1) is 0 Å². The lowest BCUT2D eigenvalue weighted by molar-refractivity contribution is 0.288. The Kier molecular flexibility index (Phi) is 1.77. The zero-order valence-electron chi connectivity index (χ0n) is 8.20. The van der Waals surface area contributed by atoms with Crippen LogP contribution in [0.1, 0.15) is 29.9 Å². The first-order chi connectivity index (χ1) is 6.84. The summed E-state index contributed by atoms with van der Waals surface area (Å²) in [6.07, 6.45) is 3.46. The molecule has 0 spiro atoms. The lowest BCUT2D eigenvalue weighted by Gasteiger charge is -2.17. The number of ether oxygens (including phenoxy) is 1. The summed E-state index contributed by atoms with van der Waals surface area (Å²) >= 11 is 0. The molecule has 1 heterocycles. The Morgan fingerprint density at radius 3 is 3.00 bits per heavy atom. The Morgan fingerprint density at radius 1 is 1.36 bits per heavy atom. The molecule has 2 atom stereocenters. The van der Waals surface area contributed by atoms with Crippen LogP contribution in [-0.2, 0) is 6.42 Å². The minimum Gasteiger partial charge on any atom is -0.493 e. The summed E-state index contributed by atoms with van der Waals surface area (Å²) in [6.45, 7) is 0.870. The van der Waals surface area contributed by atoms with Gasteiger partial charge in [0.25, 0.3) is 0 Å². The Morgan fingerprint density at radius 2 is 2.21 bits per heavy atom. The molecule has 2 heteroatoms. The van der Waals surface area contributed by atoms with Crippen molar-refractivity contribution in [2.24, 2.45) is 5.73 Å². The second-order valence-electron chi connectivity index (χ2n) is 4.33. The van der Waals surface area contributed by atoms with Crippen molar-refractivity contribution in [1.29, 1.82) is 0 Å². The lowest BCUT2D eigenvalue weighted by atomic mass is 10.0. The van der Waals surface area contributed by atoms with Crippen LogP contribution in [0.2, 0.25) is 0 Å². The van der Waals surface area contributed by atoms with E-state index in [2.05, 4.69) is 18.2 Å². The molecule has 1 aromatic rings. The number of fused-ring (bicyclic) bond motifs is 1. The van der Waals surface area contributed by atoms with Gasteiger partial charge in [0.1, 0.15) is 5.75 Å². The first-order valence-electron chi connectivity index (χ1n) is 5.36. The first kappa shape index (κ1) is 8.30. The van der Waals surface area contributed by atoms with E-state index in [9.17, 15) is 0 Å². The SMILES string of the molecule is N[C@@H]1C[C@H]1c1ccc2c(c1)CCCO2. The Bertz CT molecular complexity index is 361. The fourth-order valence-electron chi connectivity index (χ4n) is 2.21. The molecule has 1 aromatic carbocycles. The zero-order valence-corrected chi connectivity index (χ0v) is 8.20. The molecule has 14 heavy (non-hydrogen) atoms. The van der Waals surface area contributed by atoms with E-state index in [-0.39, 0.29) is 0 Å². The van der Waals surface area contributed by atoms with Crippen molar-refractivity contribution in [3.05, 3.63) is 29.3 Å². The Hall–Kier alpha value is -1.02. The van der Waals surface area contributed by atoms with E-state index in [1.54, 1.807) is 0 Å². The van der Waals surface area contributed by atoms with Gasteiger partial charge in [0.2, 0.25) is 0 Å². The molecule has 3 rings (SSSR count). The van der Waals surface area contributed by atoms with Crippen molar-refractivity contribution in [2.75, 3.05) is 6.61 Å². The van der Waals surface area contributed by atoms with Crippen LogP contribution in [0.4, 0.5) is 0 Å². The van der Waals surface area contributed by atoms with Gasteiger partial charge in [-0.25, -0.2) is 0 Å². The van der Waals surface area contributed by atoms with E-state index in [0.717, 1.165) is 31.6 Å². The van der Waals surface area contributed by atoms with E-state index < -0.39 is 0 Å². The largest absolute Gasteiger partial charge is 0.493 e.